The summed E-state index contributed by atoms with van der Waals surface area (Å²) in [6, 6.07) is 2.73. The van der Waals surface area contributed by atoms with E-state index in [9.17, 15) is 0 Å². The zero-order chi connectivity index (χ0) is 13.7. The molecule has 1 heterocycles. The normalized spacial score (nSPS) is 20.4. The monoisotopic (exact) mass is 263 g/mol. The van der Waals surface area contributed by atoms with Crippen molar-refractivity contribution in [3.63, 3.8) is 0 Å². The highest BCUT2D eigenvalue weighted by atomic mass is 15.2. The molecule has 1 aromatic rings. The van der Waals surface area contributed by atoms with Crippen molar-refractivity contribution in [2.75, 3.05) is 6.54 Å². The van der Waals surface area contributed by atoms with Crippen molar-refractivity contribution >= 4 is 0 Å². The molecule has 0 aromatic carbocycles. The lowest BCUT2D eigenvalue weighted by molar-refractivity contribution is 0.143. The maximum atomic E-state index is 4.56. The molecule has 108 valence electrons. The summed E-state index contributed by atoms with van der Waals surface area (Å²) in [5, 5.41) is 8.35. The minimum Gasteiger partial charge on any atom is -0.313 e. The molecule has 1 aliphatic carbocycles. The molecule has 0 amide bonds. The highest BCUT2D eigenvalue weighted by Crippen LogP contribution is 2.39. The molecular weight excluding hydrogens is 234 g/mol. The fourth-order valence-corrected chi connectivity index (χ4v) is 3.37. The molecule has 2 rings (SSSR count). The lowest BCUT2D eigenvalue weighted by Gasteiger charge is -2.41. The zero-order valence-electron chi connectivity index (χ0n) is 12.8. The minimum absolute atomic E-state index is 0.449. The van der Waals surface area contributed by atoms with Gasteiger partial charge in [-0.15, -0.1) is 0 Å². The number of nitrogens with zero attached hydrogens (tertiary/aromatic N) is 2. The molecule has 1 aromatic heterocycles. The third-order valence-corrected chi connectivity index (χ3v) is 4.66. The average Bonchev–Trinajstić information content (AvgIpc) is 2.81. The average molecular weight is 263 g/mol. The number of hydrogen-bond acceptors (Lipinski definition) is 2. The van der Waals surface area contributed by atoms with Crippen LogP contribution in [0.25, 0.3) is 0 Å². The summed E-state index contributed by atoms with van der Waals surface area (Å²) in [6.07, 6.45) is 11.2. The van der Waals surface area contributed by atoms with Gasteiger partial charge in [0.05, 0.1) is 5.69 Å². The molecular formula is C16H29N3. The first kappa shape index (κ1) is 14.6. The molecule has 19 heavy (non-hydrogen) atoms. The van der Waals surface area contributed by atoms with E-state index in [4.69, 9.17) is 0 Å². The Morgan fingerprint density at radius 3 is 2.68 bits per heavy atom. The van der Waals surface area contributed by atoms with Gasteiger partial charge in [0.15, 0.2) is 0 Å². The van der Waals surface area contributed by atoms with E-state index in [0.29, 0.717) is 11.5 Å². The number of nitrogens with one attached hydrogen (secondary N) is 1. The molecule has 1 aliphatic rings. The molecule has 1 N–H and O–H groups in total. The Balaban J connectivity index is 2.05. The molecule has 0 bridgehead atoms. The van der Waals surface area contributed by atoms with Crippen LogP contribution < -0.4 is 5.32 Å². The minimum atomic E-state index is 0.449. The molecule has 0 saturated heterocycles. The molecule has 0 spiro atoms. The van der Waals surface area contributed by atoms with Gasteiger partial charge in [0.1, 0.15) is 0 Å². The van der Waals surface area contributed by atoms with Crippen molar-refractivity contribution < 1.29 is 0 Å². The summed E-state index contributed by atoms with van der Waals surface area (Å²) in [7, 11) is 2.00. The second-order valence-corrected chi connectivity index (χ2v) is 6.41. The van der Waals surface area contributed by atoms with Crippen molar-refractivity contribution in [1.82, 2.24) is 15.1 Å². The van der Waals surface area contributed by atoms with Gasteiger partial charge in [-0.1, -0.05) is 33.1 Å². The second kappa shape index (κ2) is 6.56. The van der Waals surface area contributed by atoms with E-state index in [0.717, 1.165) is 13.0 Å². The lowest BCUT2D eigenvalue weighted by atomic mass is 9.69. The topological polar surface area (TPSA) is 29.9 Å². The first-order valence-electron chi connectivity index (χ1n) is 7.86. The van der Waals surface area contributed by atoms with Gasteiger partial charge in [-0.25, -0.2) is 0 Å². The highest BCUT2D eigenvalue weighted by molar-refractivity contribution is 5.04. The van der Waals surface area contributed by atoms with E-state index in [1.165, 1.54) is 44.2 Å². The molecule has 1 atom stereocenters. The van der Waals surface area contributed by atoms with E-state index in [1.54, 1.807) is 0 Å². The summed E-state index contributed by atoms with van der Waals surface area (Å²) >= 11 is 0. The Labute approximate surface area is 117 Å². The Hall–Kier alpha value is -0.830. The smallest absolute Gasteiger partial charge is 0.0640 e. The predicted molar refractivity (Wildman–Crippen MR) is 80.2 cm³/mol. The second-order valence-electron chi connectivity index (χ2n) is 6.41. The van der Waals surface area contributed by atoms with Gasteiger partial charge in [-0.05, 0) is 37.3 Å². The van der Waals surface area contributed by atoms with Crippen LogP contribution in [0.5, 0.6) is 0 Å². The van der Waals surface area contributed by atoms with Crippen LogP contribution in [0.15, 0.2) is 12.3 Å². The van der Waals surface area contributed by atoms with Crippen LogP contribution in [0.3, 0.4) is 0 Å². The molecule has 1 unspecified atom stereocenters. The van der Waals surface area contributed by atoms with Crippen LogP contribution in [-0.4, -0.2) is 22.4 Å². The Morgan fingerprint density at radius 2 is 2.11 bits per heavy atom. The van der Waals surface area contributed by atoms with Crippen molar-refractivity contribution in [2.45, 2.75) is 64.8 Å². The van der Waals surface area contributed by atoms with Gasteiger partial charge in [0.2, 0.25) is 0 Å². The fourth-order valence-electron chi connectivity index (χ4n) is 3.37. The van der Waals surface area contributed by atoms with Gasteiger partial charge < -0.3 is 5.32 Å². The molecule has 1 saturated carbocycles. The number of rotatable bonds is 6. The Kier molecular flexibility index (Phi) is 5.03. The maximum absolute atomic E-state index is 4.56. The fraction of sp³-hybridized carbons (Fsp3) is 0.812. The van der Waals surface area contributed by atoms with Crippen molar-refractivity contribution in [2.24, 2.45) is 12.5 Å². The standard InChI is InChI=1S/C16H29N3/c1-4-11-17-15(13-14-8-12-19(3)18-14)16(2)9-6-5-7-10-16/h8,12,15,17H,4-7,9-11,13H2,1-3H3. The quantitative estimate of drug-likeness (QED) is 0.853. The van der Waals surface area contributed by atoms with Crippen LogP contribution in [0.4, 0.5) is 0 Å². The Morgan fingerprint density at radius 1 is 1.37 bits per heavy atom. The SMILES string of the molecule is CCCNC(Cc1ccn(C)n1)C1(C)CCCCC1. The van der Waals surface area contributed by atoms with Crippen molar-refractivity contribution in [3.05, 3.63) is 18.0 Å². The zero-order valence-corrected chi connectivity index (χ0v) is 12.8. The van der Waals surface area contributed by atoms with Crippen LogP contribution in [0.2, 0.25) is 0 Å². The first-order chi connectivity index (χ1) is 9.14. The summed E-state index contributed by atoms with van der Waals surface area (Å²) in [5.41, 5.74) is 1.67. The van der Waals surface area contributed by atoms with E-state index in [-0.39, 0.29) is 0 Å². The maximum Gasteiger partial charge on any atom is 0.0640 e. The van der Waals surface area contributed by atoms with E-state index >= 15 is 0 Å². The van der Waals surface area contributed by atoms with Gasteiger partial charge in [0.25, 0.3) is 0 Å². The summed E-state index contributed by atoms with van der Waals surface area (Å²) in [4.78, 5) is 0. The molecule has 3 heteroatoms. The van der Waals surface area contributed by atoms with Gasteiger partial charge in [-0.2, -0.15) is 5.10 Å². The van der Waals surface area contributed by atoms with Crippen LogP contribution in [0.1, 0.15) is 58.1 Å². The van der Waals surface area contributed by atoms with Crippen molar-refractivity contribution in [1.29, 1.82) is 0 Å². The molecule has 0 aliphatic heterocycles. The Bertz CT molecular complexity index is 377. The van der Waals surface area contributed by atoms with Gasteiger partial charge >= 0.3 is 0 Å². The first-order valence-corrected chi connectivity index (χ1v) is 7.86. The van der Waals surface area contributed by atoms with Gasteiger partial charge in [-0.3, -0.25) is 4.68 Å². The highest BCUT2D eigenvalue weighted by Gasteiger charge is 2.35. The molecule has 3 nitrogen and oxygen atoms in total. The number of aryl methyl sites for hydroxylation is 1. The van der Waals surface area contributed by atoms with Crippen LogP contribution in [-0.2, 0) is 13.5 Å². The molecule has 0 radical (unpaired) electrons. The lowest BCUT2D eigenvalue weighted by Crippen LogP contribution is -2.46. The third kappa shape index (κ3) is 3.82. The van der Waals surface area contributed by atoms with E-state index in [1.807, 2.05) is 11.7 Å². The molecule has 1 fully saturated rings. The summed E-state index contributed by atoms with van der Waals surface area (Å²) in [6.45, 7) is 5.84. The predicted octanol–water partition coefficient (Wildman–Crippen LogP) is 3.30. The van der Waals surface area contributed by atoms with Gasteiger partial charge in [0, 0.05) is 25.7 Å². The van der Waals surface area contributed by atoms with Crippen molar-refractivity contribution in [3.8, 4) is 0 Å². The third-order valence-electron chi connectivity index (χ3n) is 4.66. The number of aromatic nitrogens is 2. The largest absolute Gasteiger partial charge is 0.313 e. The van der Waals surface area contributed by atoms with E-state index < -0.39 is 0 Å². The summed E-state index contributed by atoms with van der Waals surface area (Å²) < 4.78 is 1.91. The van der Waals surface area contributed by atoms with E-state index in [2.05, 4.69) is 36.5 Å². The van der Waals surface area contributed by atoms with Crippen LogP contribution in [0, 0.1) is 5.41 Å². The number of hydrogen-bond donors (Lipinski definition) is 1. The summed E-state index contributed by atoms with van der Waals surface area (Å²) in [5.74, 6) is 0. The van der Waals surface area contributed by atoms with Crippen LogP contribution >= 0.6 is 0 Å².